The second-order valence-corrected chi connectivity index (χ2v) is 7.19. The Kier molecular flexibility index (Phi) is 3.76. The van der Waals surface area contributed by atoms with Crippen LogP contribution in [0.2, 0.25) is 0 Å². The fraction of sp³-hybridized carbons (Fsp3) is 0.312. The predicted octanol–water partition coefficient (Wildman–Crippen LogP) is 4.55. The van der Waals surface area contributed by atoms with Crippen molar-refractivity contribution in [2.24, 2.45) is 0 Å². The molecule has 0 radical (unpaired) electrons. The van der Waals surface area contributed by atoms with Crippen LogP contribution < -0.4 is 0 Å². The molecule has 0 spiro atoms. The Morgan fingerprint density at radius 2 is 1.72 bits per heavy atom. The zero-order valence-electron chi connectivity index (χ0n) is 11.1. The third-order valence-electron chi connectivity index (χ3n) is 2.71. The van der Waals surface area contributed by atoms with Crippen molar-refractivity contribution in [3.8, 4) is 0 Å². The maximum atomic E-state index is 12.1. The monoisotopic (exact) mass is 258 g/mol. The molecular weight excluding hydrogens is 240 g/mol. The largest absolute Gasteiger partial charge is 0.293 e. The van der Waals surface area contributed by atoms with E-state index in [1.54, 1.807) is 11.8 Å². The predicted molar refractivity (Wildman–Crippen MR) is 80.5 cm³/mol. The Bertz CT molecular complexity index is 567. The molecule has 0 heterocycles. The molecule has 0 bridgehead atoms. The Labute approximate surface area is 113 Å². The number of carbonyl (C=O) groups excluding carboxylic acids is 1. The number of hydrogen-bond donors (Lipinski definition) is 0. The summed E-state index contributed by atoms with van der Waals surface area (Å²) >= 11 is 1.69. The minimum absolute atomic E-state index is 0.131. The molecule has 0 aliphatic carbocycles. The van der Waals surface area contributed by atoms with Crippen molar-refractivity contribution in [3.63, 3.8) is 0 Å². The molecule has 94 valence electrons. The van der Waals surface area contributed by atoms with E-state index in [9.17, 15) is 4.79 Å². The highest BCUT2D eigenvalue weighted by Crippen LogP contribution is 2.24. The molecule has 0 atom stereocenters. The fourth-order valence-corrected chi connectivity index (χ4v) is 2.46. The summed E-state index contributed by atoms with van der Waals surface area (Å²) in [5.74, 6) is 0.752. The summed E-state index contributed by atoms with van der Waals surface area (Å²) in [4.78, 5) is 12.1. The van der Waals surface area contributed by atoms with Crippen molar-refractivity contribution in [2.45, 2.75) is 25.5 Å². The molecule has 2 aromatic rings. The third-order valence-corrected chi connectivity index (χ3v) is 3.98. The summed E-state index contributed by atoms with van der Waals surface area (Å²) in [5.41, 5.74) is 0.811. The van der Waals surface area contributed by atoms with Crippen LogP contribution in [-0.4, -0.2) is 16.3 Å². The Morgan fingerprint density at radius 1 is 1.06 bits per heavy atom. The third kappa shape index (κ3) is 3.36. The Morgan fingerprint density at radius 3 is 2.39 bits per heavy atom. The van der Waals surface area contributed by atoms with E-state index >= 15 is 0 Å². The summed E-state index contributed by atoms with van der Waals surface area (Å²) in [6.45, 7) is 6.39. The van der Waals surface area contributed by atoms with Gasteiger partial charge in [0.15, 0.2) is 5.78 Å². The van der Waals surface area contributed by atoms with Gasteiger partial charge < -0.3 is 0 Å². The van der Waals surface area contributed by atoms with Crippen LogP contribution in [0, 0.1) is 0 Å². The van der Waals surface area contributed by atoms with Crippen molar-refractivity contribution in [1.29, 1.82) is 0 Å². The number of ketones is 1. The van der Waals surface area contributed by atoms with Gasteiger partial charge >= 0.3 is 0 Å². The lowest BCUT2D eigenvalue weighted by atomic mass is 10.1. The van der Waals surface area contributed by atoms with E-state index in [1.165, 1.54) is 5.39 Å². The minimum atomic E-state index is 0.131. The molecule has 0 aliphatic rings. The van der Waals surface area contributed by atoms with E-state index in [2.05, 4.69) is 26.8 Å². The van der Waals surface area contributed by atoms with Gasteiger partial charge in [-0.3, -0.25) is 4.79 Å². The van der Waals surface area contributed by atoms with Crippen LogP contribution in [0.5, 0.6) is 0 Å². The molecule has 18 heavy (non-hydrogen) atoms. The summed E-state index contributed by atoms with van der Waals surface area (Å²) in [6.07, 6.45) is 0. The maximum absolute atomic E-state index is 12.1. The molecule has 0 saturated heterocycles. The number of hydrogen-bond acceptors (Lipinski definition) is 2. The van der Waals surface area contributed by atoms with Crippen molar-refractivity contribution in [2.75, 3.05) is 5.75 Å². The minimum Gasteiger partial charge on any atom is -0.293 e. The number of Topliss-reactive ketones (excluding diaryl/α,β-unsaturated/α-hetero) is 1. The average molecular weight is 258 g/mol. The van der Waals surface area contributed by atoms with Crippen LogP contribution in [0.15, 0.2) is 42.5 Å². The molecule has 0 N–H and O–H groups in total. The molecule has 2 heteroatoms. The first-order valence-corrected chi connectivity index (χ1v) is 7.10. The molecule has 2 rings (SSSR count). The number of carbonyl (C=O) groups is 1. The second kappa shape index (κ2) is 5.15. The van der Waals surface area contributed by atoms with Gasteiger partial charge in [-0.15, -0.1) is 11.8 Å². The van der Waals surface area contributed by atoms with Gasteiger partial charge in [0, 0.05) is 10.3 Å². The molecular formula is C16H18OS. The Hall–Kier alpha value is -1.28. The van der Waals surface area contributed by atoms with Gasteiger partial charge in [0.2, 0.25) is 0 Å². The number of fused-ring (bicyclic) bond motifs is 1. The summed E-state index contributed by atoms with van der Waals surface area (Å²) in [6, 6.07) is 14.1. The van der Waals surface area contributed by atoms with Crippen molar-refractivity contribution in [3.05, 3.63) is 48.0 Å². The lowest BCUT2D eigenvalue weighted by Crippen LogP contribution is -2.13. The normalized spacial score (nSPS) is 11.7. The number of benzene rings is 2. The molecule has 0 aromatic heterocycles. The van der Waals surface area contributed by atoms with E-state index in [4.69, 9.17) is 0 Å². The molecule has 2 aromatic carbocycles. The van der Waals surface area contributed by atoms with Gasteiger partial charge in [0.25, 0.3) is 0 Å². The number of thioether (sulfide) groups is 1. The van der Waals surface area contributed by atoms with E-state index in [0.29, 0.717) is 5.75 Å². The van der Waals surface area contributed by atoms with Crippen LogP contribution in [0.1, 0.15) is 31.1 Å². The van der Waals surface area contributed by atoms with Gasteiger partial charge in [0.05, 0.1) is 5.75 Å². The van der Waals surface area contributed by atoms with E-state index in [0.717, 1.165) is 10.9 Å². The van der Waals surface area contributed by atoms with Gasteiger partial charge in [-0.05, 0) is 16.8 Å². The Balaban J connectivity index is 2.18. The van der Waals surface area contributed by atoms with Crippen LogP contribution in [-0.2, 0) is 0 Å². The fourth-order valence-electron chi connectivity index (χ4n) is 1.73. The van der Waals surface area contributed by atoms with Crippen LogP contribution in [0.3, 0.4) is 0 Å². The van der Waals surface area contributed by atoms with Crippen LogP contribution >= 0.6 is 11.8 Å². The summed E-state index contributed by atoms with van der Waals surface area (Å²) in [5, 5.41) is 2.31. The van der Waals surface area contributed by atoms with Gasteiger partial charge in [-0.1, -0.05) is 57.2 Å². The molecule has 0 fully saturated rings. The van der Waals surface area contributed by atoms with Gasteiger partial charge in [-0.25, -0.2) is 0 Å². The number of rotatable bonds is 3. The SMILES string of the molecule is CC(C)(C)SCC(=O)c1ccc2ccccc2c1. The van der Waals surface area contributed by atoms with E-state index < -0.39 is 0 Å². The highest BCUT2D eigenvalue weighted by atomic mass is 32.2. The van der Waals surface area contributed by atoms with Crippen molar-refractivity contribution >= 4 is 28.3 Å². The topological polar surface area (TPSA) is 17.1 Å². The first kappa shape index (κ1) is 13.2. The highest BCUT2D eigenvalue weighted by Gasteiger charge is 2.14. The molecule has 0 unspecified atom stereocenters. The molecule has 0 aliphatic heterocycles. The smallest absolute Gasteiger partial charge is 0.172 e. The first-order chi connectivity index (χ1) is 8.46. The van der Waals surface area contributed by atoms with Gasteiger partial charge in [-0.2, -0.15) is 0 Å². The van der Waals surface area contributed by atoms with Crippen molar-refractivity contribution < 1.29 is 4.79 Å². The average Bonchev–Trinajstić information content (AvgIpc) is 2.34. The lowest BCUT2D eigenvalue weighted by molar-refractivity contribution is 0.102. The summed E-state index contributed by atoms with van der Waals surface area (Å²) < 4.78 is 0.131. The van der Waals surface area contributed by atoms with Crippen molar-refractivity contribution in [1.82, 2.24) is 0 Å². The van der Waals surface area contributed by atoms with E-state index in [-0.39, 0.29) is 10.5 Å². The van der Waals surface area contributed by atoms with Gasteiger partial charge in [0.1, 0.15) is 0 Å². The lowest BCUT2D eigenvalue weighted by Gasteiger charge is -2.16. The summed E-state index contributed by atoms with van der Waals surface area (Å²) in [7, 11) is 0. The highest BCUT2D eigenvalue weighted by molar-refractivity contribution is 8.01. The quantitative estimate of drug-likeness (QED) is 0.751. The second-order valence-electron chi connectivity index (χ2n) is 5.39. The first-order valence-electron chi connectivity index (χ1n) is 6.12. The van der Waals surface area contributed by atoms with Crippen LogP contribution in [0.25, 0.3) is 10.8 Å². The molecule has 0 amide bonds. The molecule has 1 nitrogen and oxygen atoms in total. The van der Waals surface area contributed by atoms with Crippen LogP contribution in [0.4, 0.5) is 0 Å². The standard InChI is InChI=1S/C16H18OS/c1-16(2,3)18-11-15(17)14-9-8-12-6-4-5-7-13(12)10-14/h4-10H,11H2,1-3H3. The zero-order chi connectivity index (χ0) is 13.2. The van der Waals surface area contributed by atoms with E-state index in [1.807, 2.05) is 36.4 Å². The zero-order valence-corrected chi connectivity index (χ0v) is 11.9. The molecule has 0 saturated carbocycles. The maximum Gasteiger partial charge on any atom is 0.172 e.